The Morgan fingerprint density at radius 1 is 0.788 bits per heavy atom. The topological polar surface area (TPSA) is 49.7 Å². The summed E-state index contributed by atoms with van der Waals surface area (Å²) < 4.78 is 33.6. The lowest BCUT2D eigenvalue weighted by Gasteiger charge is -2.58. The highest BCUT2D eigenvalue weighted by molar-refractivity contribution is 8.08. The minimum Gasteiger partial charge on any atom is -0.317 e. The van der Waals surface area contributed by atoms with Gasteiger partial charge in [-0.15, -0.1) is 0 Å². The number of hydrogen-bond acceptors (Lipinski definition) is 2. The number of nitrogens with zero attached hydrogens (tertiary/aromatic N) is 1. The quantitative estimate of drug-likeness (QED) is 0.350. The van der Waals surface area contributed by atoms with E-state index in [4.69, 9.17) is 4.36 Å². The van der Waals surface area contributed by atoms with Crippen LogP contribution in [0.4, 0.5) is 5.69 Å². The fourth-order valence-corrected chi connectivity index (χ4v) is 18.7. The molecule has 3 aliphatic carbocycles. The Morgan fingerprint density at radius 3 is 1.94 bits per heavy atom. The molecule has 1 aliphatic heterocycles. The number of rotatable bonds is 4. The summed E-state index contributed by atoms with van der Waals surface area (Å²) in [5.41, 5.74) is 2.70. The van der Waals surface area contributed by atoms with E-state index in [0.29, 0.717) is 0 Å². The molecule has 6 rings (SSSR count). The van der Waals surface area contributed by atoms with E-state index in [1.807, 2.05) is 24.3 Å². The van der Waals surface area contributed by atoms with Crippen LogP contribution in [-0.4, -0.2) is 20.4 Å². The van der Waals surface area contributed by atoms with Gasteiger partial charge in [0.05, 0.1) is 0 Å². The van der Waals surface area contributed by atoms with Crippen molar-refractivity contribution in [2.75, 3.05) is 0 Å². The van der Waals surface area contributed by atoms with Crippen LogP contribution in [0.1, 0.15) is 88.5 Å². The van der Waals surface area contributed by atoms with Crippen LogP contribution in [0.5, 0.6) is 0 Å². The highest BCUT2D eigenvalue weighted by Crippen LogP contribution is 2.83. The van der Waals surface area contributed by atoms with Crippen molar-refractivity contribution in [1.29, 1.82) is 0 Å². The van der Waals surface area contributed by atoms with Crippen molar-refractivity contribution >= 4 is 22.9 Å². The summed E-state index contributed by atoms with van der Waals surface area (Å²) in [5, 5.41) is 0. The average Bonchev–Trinajstić information content (AvgIpc) is 2.86. The van der Waals surface area contributed by atoms with Crippen molar-refractivity contribution in [3.05, 3.63) is 60.2 Å². The lowest BCUT2D eigenvalue weighted by atomic mass is 9.77. The third kappa shape index (κ3) is 3.09. The van der Waals surface area contributed by atoms with E-state index in [9.17, 15) is 4.55 Å². The maximum Gasteiger partial charge on any atom is 0.206 e. The standard InChI is InChI=1S/C28H37NO2PS/c30-32(22-12-4-1-5-13-22,23-14-6-2-7-15-23)28-21-20-26(28)25-18-10-11-19-27(25)29-33(28,31)24-16-8-3-9-17-24/h3,8-11,16-19,22-23,26H,1-2,4-7,12-15,20-21H2,(H,29,31)/q+1/t26-,28-,33?/m0/s1. The van der Waals surface area contributed by atoms with Gasteiger partial charge in [-0.05, 0) is 55.9 Å². The second kappa shape index (κ2) is 8.47. The molecule has 4 aliphatic rings. The number of hydrogen-bond donors (Lipinski definition) is 1. The SMILES string of the molecule is O=P(C1CCCCC1)(C1CCCCC1)[C@]12CC[C@H]1c1ccccc1N=[S+]2(O)c1ccccc1. The highest BCUT2D eigenvalue weighted by Gasteiger charge is 2.77. The summed E-state index contributed by atoms with van der Waals surface area (Å²) in [4.78, 5) is 0.913. The van der Waals surface area contributed by atoms with Gasteiger partial charge in [0.25, 0.3) is 0 Å². The van der Waals surface area contributed by atoms with E-state index in [1.54, 1.807) is 0 Å². The first-order valence-corrected chi connectivity index (χ1v) is 16.5. The van der Waals surface area contributed by atoms with Crippen molar-refractivity contribution in [2.24, 2.45) is 4.36 Å². The molecule has 3 saturated carbocycles. The predicted molar refractivity (Wildman–Crippen MR) is 139 cm³/mol. The molecule has 33 heavy (non-hydrogen) atoms. The first-order chi connectivity index (χ1) is 16.1. The summed E-state index contributed by atoms with van der Waals surface area (Å²) >= 11 is 0. The second-order valence-electron chi connectivity index (χ2n) is 10.7. The lowest BCUT2D eigenvalue weighted by molar-refractivity contribution is 0.331. The van der Waals surface area contributed by atoms with Crippen molar-refractivity contribution in [3.8, 4) is 0 Å². The van der Waals surface area contributed by atoms with Crippen molar-refractivity contribution in [1.82, 2.24) is 0 Å². The van der Waals surface area contributed by atoms with Gasteiger partial charge in [0, 0.05) is 23.7 Å². The lowest BCUT2D eigenvalue weighted by Crippen LogP contribution is -2.59. The van der Waals surface area contributed by atoms with Gasteiger partial charge < -0.3 is 4.57 Å². The molecule has 0 aromatic heterocycles. The van der Waals surface area contributed by atoms with Crippen molar-refractivity contribution < 1.29 is 9.12 Å². The van der Waals surface area contributed by atoms with E-state index in [-0.39, 0.29) is 17.2 Å². The molecule has 0 bridgehead atoms. The van der Waals surface area contributed by atoms with Crippen molar-refractivity contribution in [3.63, 3.8) is 0 Å². The molecule has 5 heteroatoms. The Kier molecular flexibility index (Phi) is 5.71. The first kappa shape index (κ1) is 22.3. The molecule has 0 spiro atoms. The fraction of sp³-hybridized carbons (Fsp3) is 0.571. The van der Waals surface area contributed by atoms with Gasteiger partial charge in [0.1, 0.15) is 22.9 Å². The molecule has 3 atom stereocenters. The van der Waals surface area contributed by atoms with Crippen molar-refractivity contribution in [2.45, 2.75) is 104 Å². The van der Waals surface area contributed by atoms with E-state index in [0.717, 1.165) is 49.1 Å². The second-order valence-corrected chi connectivity index (χ2v) is 17.2. The van der Waals surface area contributed by atoms with Gasteiger partial charge in [0.2, 0.25) is 4.49 Å². The summed E-state index contributed by atoms with van der Waals surface area (Å²) in [6, 6.07) is 18.5. The fourth-order valence-electron chi connectivity index (χ4n) is 7.69. The van der Waals surface area contributed by atoms with E-state index < -0.39 is 21.7 Å². The minimum absolute atomic E-state index is 0.168. The zero-order chi connectivity index (χ0) is 22.5. The Balaban J connectivity index is 1.63. The zero-order valence-electron chi connectivity index (χ0n) is 19.6. The Bertz CT molecular complexity index is 1100. The van der Waals surface area contributed by atoms with E-state index >= 15 is 4.57 Å². The van der Waals surface area contributed by atoms with Gasteiger partial charge in [-0.3, -0.25) is 0 Å². The van der Waals surface area contributed by atoms with Crippen LogP contribution in [0, 0.1) is 0 Å². The molecule has 176 valence electrons. The molecule has 0 amide bonds. The third-order valence-electron chi connectivity index (χ3n) is 9.27. The Hall–Kier alpha value is -1.22. The average molecular weight is 483 g/mol. The van der Waals surface area contributed by atoms with Crippen LogP contribution in [0.15, 0.2) is 63.9 Å². The zero-order valence-corrected chi connectivity index (χ0v) is 21.3. The van der Waals surface area contributed by atoms with E-state index in [2.05, 4.69) is 30.3 Å². The maximum atomic E-state index is 16.1. The van der Waals surface area contributed by atoms with Crippen LogP contribution in [0.2, 0.25) is 0 Å². The molecular weight excluding hydrogens is 445 g/mol. The van der Waals surface area contributed by atoms with Gasteiger partial charge in [-0.1, -0.05) is 79.3 Å². The van der Waals surface area contributed by atoms with Gasteiger partial charge in [-0.2, -0.15) is 4.55 Å². The summed E-state index contributed by atoms with van der Waals surface area (Å²) in [6.07, 6.45) is 13.5. The molecule has 2 aromatic carbocycles. The van der Waals surface area contributed by atoms with Crippen LogP contribution in [0.3, 0.4) is 0 Å². The monoisotopic (exact) mass is 482 g/mol. The predicted octanol–water partition coefficient (Wildman–Crippen LogP) is 8.80. The summed E-state index contributed by atoms with van der Waals surface area (Å²) in [6.45, 7) is 0. The first-order valence-electron chi connectivity index (χ1n) is 13.1. The molecule has 1 N–H and O–H groups in total. The molecule has 0 saturated heterocycles. The largest absolute Gasteiger partial charge is 0.317 e. The normalized spacial score (nSPS) is 32.8. The molecule has 3 nitrogen and oxygen atoms in total. The molecule has 3 fully saturated rings. The van der Waals surface area contributed by atoms with Crippen LogP contribution in [0.25, 0.3) is 0 Å². The minimum atomic E-state index is -2.78. The smallest absolute Gasteiger partial charge is 0.206 e. The van der Waals surface area contributed by atoms with E-state index in [1.165, 1.54) is 44.1 Å². The van der Waals surface area contributed by atoms with Gasteiger partial charge in [0.15, 0.2) is 4.90 Å². The summed E-state index contributed by atoms with van der Waals surface area (Å²) in [7, 11) is -5.41. The third-order valence-corrected chi connectivity index (χ3v) is 18.7. The van der Waals surface area contributed by atoms with Crippen LogP contribution >= 0.6 is 7.14 Å². The maximum absolute atomic E-state index is 16.1. The molecule has 2 aromatic rings. The van der Waals surface area contributed by atoms with Gasteiger partial charge in [-0.25, -0.2) is 0 Å². The van der Waals surface area contributed by atoms with Crippen LogP contribution in [-0.2, 0) is 14.7 Å². The summed E-state index contributed by atoms with van der Waals surface area (Å²) in [5.74, 6) is 0.168. The highest BCUT2D eigenvalue weighted by atomic mass is 32.3. The number of fused-ring (bicyclic) bond motifs is 3. The molecular formula is C28H37NO2PS+. The Morgan fingerprint density at radius 2 is 1.36 bits per heavy atom. The molecule has 0 radical (unpaired) electrons. The molecule has 1 unspecified atom stereocenters. The van der Waals surface area contributed by atoms with Crippen LogP contribution < -0.4 is 0 Å². The number of benzene rings is 2. The van der Waals surface area contributed by atoms with Gasteiger partial charge >= 0.3 is 0 Å². The Labute approximate surface area is 200 Å². The molecule has 1 heterocycles.